The molecule has 9 heteroatoms. The number of anilines is 4. The predicted molar refractivity (Wildman–Crippen MR) is 109 cm³/mol. The number of carbonyl (C=O) groups excluding carboxylic acids is 1. The van der Waals surface area contributed by atoms with Crippen molar-refractivity contribution in [2.24, 2.45) is 0 Å². The van der Waals surface area contributed by atoms with Crippen molar-refractivity contribution in [3.05, 3.63) is 53.5 Å². The van der Waals surface area contributed by atoms with Crippen LogP contribution < -0.4 is 15.5 Å². The van der Waals surface area contributed by atoms with E-state index in [4.69, 9.17) is 9.26 Å². The van der Waals surface area contributed by atoms with Gasteiger partial charge in [-0.1, -0.05) is 5.16 Å². The van der Waals surface area contributed by atoms with E-state index >= 15 is 0 Å². The second-order valence-electron chi connectivity index (χ2n) is 6.77. The molecule has 4 rings (SSSR count). The van der Waals surface area contributed by atoms with Crippen LogP contribution in [-0.2, 0) is 4.74 Å². The van der Waals surface area contributed by atoms with E-state index in [1.807, 2.05) is 25.1 Å². The van der Waals surface area contributed by atoms with Crippen LogP contribution in [0.3, 0.4) is 0 Å². The molecule has 0 unspecified atom stereocenters. The number of hydrogen-bond acceptors (Lipinski definition) is 8. The molecule has 3 aromatic rings. The van der Waals surface area contributed by atoms with Gasteiger partial charge in [-0.3, -0.25) is 4.79 Å². The molecule has 0 radical (unpaired) electrons. The van der Waals surface area contributed by atoms with E-state index < -0.39 is 0 Å². The van der Waals surface area contributed by atoms with Crippen molar-refractivity contribution in [3.63, 3.8) is 0 Å². The molecule has 1 aromatic carbocycles. The largest absolute Gasteiger partial charge is 0.378 e. The van der Waals surface area contributed by atoms with Crippen molar-refractivity contribution in [1.29, 1.82) is 0 Å². The van der Waals surface area contributed by atoms with Crippen LogP contribution in [0, 0.1) is 13.8 Å². The van der Waals surface area contributed by atoms with Crippen molar-refractivity contribution in [2.45, 2.75) is 13.8 Å². The van der Waals surface area contributed by atoms with E-state index in [1.54, 1.807) is 25.1 Å². The molecule has 2 aromatic heterocycles. The van der Waals surface area contributed by atoms with Gasteiger partial charge in [-0.25, -0.2) is 4.98 Å². The molecule has 0 spiro atoms. The first-order valence-electron chi connectivity index (χ1n) is 9.37. The van der Waals surface area contributed by atoms with Crippen molar-refractivity contribution in [1.82, 2.24) is 15.1 Å². The molecule has 0 atom stereocenters. The third-order valence-electron chi connectivity index (χ3n) is 4.44. The average molecular weight is 394 g/mol. The van der Waals surface area contributed by atoms with Gasteiger partial charge in [0, 0.05) is 42.3 Å². The molecule has 1 aliphatic rings. The number of ether oxygens (including phenoxy) is 1. The van der Waals surface area contributed by atoms with Gasteiger partial charge in [0.1, 0.15) is 11.6 Å². The van der Waals surface area contributed by atoms with Gasteiger partial charge in [0.15, 0.2) is 5.69 Å². The maximum absolute atomic E-state index is 12.1. The van der Waals surface area contributed by atoms with Crippen LogP contribution in [0.4, 0.5) is 23.1 Å². The third-order valence-corrected chi connectivity index (χ3v) is 4.44. The second-order valence-corrected chi connectivity index (χ2v) is 6.77. The highest BCUT2D eigenvalue weighted by molar-refractivity contribution is 6.02. The number of hydrogen-bond donors (Lipinski definition) is 2. The Bertz CT molecular complexity index is 996. The minimum atomic E-state index is -0.320. The molecule has 0 bridgehead atoms. The summed E-state index contributed by atoms with van der Waals surface area (Å²) in [5, 5.41) is 9.72. The zero-order valence-electron chi connectivity index (χ0n) is 16.3. The summed E-state index contributed by atoms with van der Waals surface area (Å²) in [4.78, 5) is 23.4. The first-order valence-corrected chi connectivity index (χ1v) is 9.37. The second kappa shape index (κ2) is 8.27. The predicted octanol–water partition coefficient (Wildman–Crippen LogP) is 2.91. The van der Waals surface area contributed by atoms with Gasteiger partial charge >= 0.3 is 0 Å². The Morgan fingerprint density at radius 2 is 1.76 bits per heavy atom. The van der Waals surface area contributed by atoms with Gasteiger partial charge in [0.25, 0.3) is 5.91 Å². The maximum Gasteiger partial charge on any atom is 0.277 e. The Hall–Kier alpha value is -3.46. The smallest absolute Gasteiger partial charge is 0.277 e. The van der Waals surface area contributed by atoms with Crippen molar-refractivity contribution >= 4 is 29.0 Å². The SMILES string of the molecule is Cc1cc(N2CCOCC2)nc(Nc2ccc(NC(=O)c3cc(C)on3)cc2)n1. The first kappa shape index (κ1) is 18.9. The van der Waals surface area contributed by atoms with Crippen LogP contribution >= 0.6 is 0 Å². The normalized spacial score (nSPS) is 13.9. The molecule has 1 aliphatic heterocycles. The molecule has 1 fully saturated rings. The quantitative estimate of drug-likeness (QED) is 0.680. The van der Waals surface area contributed by atoms with E-state index in [0.717, 1.165) is 30.3 Å². The van der Waals surface area contributed by atoms with Gasteiger partial charge in [-0.05, 0) is 38.1 Å². The Morgan fingerprint density at radius 1 is 1.03 bits per heavy atom. The number of aromatic nitrogens is 3. The van der Waals surface area contributed by atoms with Gasteiger partial charge in [-0.15, -0.1) is 0 Å². The summed E-state index contributed by atoms with van der Waals surface area (Å²) in [5.41, 5.74) is 2.60. The Kier molecular flexibility index (Phi) is 5.39. The van der Waals surface area contributed by atoms with E-state index in [0.29, 0.717) is 30.6 Å². The summed E-state index contributed by atoms with van der Waals surface area (Å²) in [6.45, 7) is 6.72. The first-order chi connectivity index (χ1) is 14.1. The van der Waals surface area contributed by atoms with E-state index in [-0.39, 0.29) is 11.6 Å². The molecule has 1 amide bonds. The summed E-state index contributed by atoms with van der Waals surface area (Å²) in [6, 6.07) is 10.9. The van der Waals surface area contributed by atoms with Crippen LogP contribution in [-0.4, -0.2) is 47.3 Å². The number of aryl methyl sites for hydroxylation is 2. The zero-order chi connectivity index (χ0) is 20.2. The summed E-state index contributed by atoms with van der Waals surface area (Å²) >= 11 is 0. The maximum atomic E-state index is 12.1. The van der Waals surface area contributed by atoms with E-state index in [2.05, 4.69) is 30.7 Å². The minimum absolute atomic E-state index is 0.244. The fourth-order valence-electron chi connectivity index (χ4n) is 3.00. The van der Waals surface area contributed by atoms with E-state index in [9.17, 15) is 4.79 Å². The molecule has 0 saturated carbocycles. The lowest BCUT2D eigenvalue weighted by molar-refractivity contribution is 0.101. The number of nitrogens with one attached hydrogen (secondary N) is 2. The van der Waals surface area contributed by atoms with Crippen LogP contribution in [0.15, 0.2) is 40.9 Å². The molecule has 0 aliphatic carbocycles. The molecule has 1 saturated heterocycles. The lowest BCUT2D eigenvalue weighted by Crippen LogP contribution is -2.36. The molecular weight excluding hydrogens is 372 g/mol. The summed E-state index contributed by atoms with van der Waals surface area (Å²) < 4.78 is 10.3. The van der Waals surface area contributed by atoms with Crippen LogP contribution in [0.2, 0.25) is 0 Å². The number of nitrogens with zero attached hydrogens (tertiary/aromatic N) is 4. The monoisotopic (exact) mass is 394 g/mol. The van der Waals surface area contributed by atoms with Crippen LogP contribution in [0.1, 0.15) is 21.9 Å². The summed E-state index contributed by atoms with van der Waals surface area (Å²) in [6.07, 6.45) is 0. The molecule has 150 valence electrons. The molecule has 2 N–H and O–H groups in total. The van der Waals surface area contributed by atoms with Crippen LogP contribution in [0.25, 0.3) is 0 Å². The highest BCUT2D eigenvalue weighted by atomic mass is 16.5. The average Bonchev–Trinajstić information content (AvgIpc) is 3.16. The Balaban J connectivity index is 1.43. The standard InChI is InChI=1S/C20H22N6O3/c1-13-11-18(26-7-9-28-10-8-26)24-20(21-13)23-16-5-3-15(4-6-16)22-19(27)17-12-14(2)29-25-17/h3-6,11-12H,7-10H2,1-2H3,(H,22,27)(H,21,23,24). The molecule has 3 heterocycles. The summed E-state index contributed by atoms with van der Waals surface area (Å²) in [5.74, 6) is 1.68. The minimum Gasteiger partial charge on any atom is -0.378 e. The zero-order valence-corrected chi connectivity index (χ0v) is 16.3. The Labute approximate surface area is 168 Å². The van der Waals surface area contributed by atoms with E-state index in [1.165, 1.54) is 0 Å². The van der Waals surface area contributed by atoms with Crippen molar-refractivity contribution < 1.29 is 14.1 Å². The summed E-state index contributed by atoms with van der Waals surface area (Å²) in [7, 11) is 0. The third kappa shape index (κ3) is 4.69. The number of rotatable bonds is 5. The van der Waals surface area contributed by atoms with Gasteiger partial charge < -0.3 is 24.8 Å². The lowest BCUT2D eigenvalue weighted by atomic mass is 10.2. The number of amides is 1. The molecule has 9 nitrogen and oxygen atoms in total. The lowest BCUT2D eigenvalue weighted by Gasteiger charge is -2.28. The fourth-order valence-corrected chi connectivity index (χ4v) is 3.00. The van der Waals surface area contributed by atoms with Gasteiger partial charge in [-0.2, -0.15) is 4.98 Å². The van der Waals surface area contributed by atoms with Gasteiger partial charge in [0.05, 0.1) is 13.2 Å². The highest BCUT2D eigenvalue weighted by Gasteiger charge is 2.14. The van der Waals surface area contributed by atoms with Crippen molar-refractivity contribution in [2.75, 3.05) is 41.8 Å². The number of carbonyl (C=O) groups is 1. The molecular formula is C20H22N6O3. The van der Waals surface area contributed by atoms with Crippen LogP contribution in [0.5, 0.6) is 0 Å². The Morgan fingerprint density at radius 3 is 2.45 bits per heavy atom. The number of morpholine rings is 1. The fraction of sp³-hybridized carbons (Fsp3) is 0.300. The van der Waals surface area contributed by atoms with Crippen molar-refractivity contribution in [3.8, 4) is 0 Å². The topological polar surface area (TPSA) is 105 Å². The highest BCUT2D eigenvalue weighted by Crippen LogP contribution is 2.21. The van der Waals surface area contributed by atoms with Gasteiger partial charge in [0.2, 0.25) is 5.95 Å². The number of benzene rings is 1. The molecule has 29 heavy (non-hydrogen) atoms.